The number of rotatable bonds is 5. The molecule has 7 heteroatoms. The van der Waals surface area contributed by atoms with Crippen molar-refractivity contribution in [1.29, 1.82) is 0 Å². The number of benzene rings is 1. The highest BCUT2D eigenvalue weighted by molar-refractivity contribution is 7.92. The first kappa shape index (κ1) is 17.2. The number of anilines is 1. The topological polar surface area (TPSA) is 85.1 Å². The van der Waals surface area contributed by atoms with Gasteiger partial charge in [-0.15, -0.1) is 0 Å². The van der Waals surface area contributed by atoms with Crippen LogP contribution in [-0.2, 0) is 10.0 Å². The zero-order valence-corrected chi connectivity index (χ0v) is 15.0. The summed E-state index contributed by atoms with van der Waals surface area (Å²) in [6.07, 6.45) is 3.06. The summed E-state index contributed by atoms with van der Waals surface area (Å²) in [7, 11) is -3.76. The highest BCUT2D eigenvalue weighted by Gasteiger charge is 2.22. The standard InChI is InChI=1S/C18H19N3O3S/c1-12(2)16-7-6-14(17-9-13(3)20-24-17)10-18(16)25(22,23)21-15-5-4-8-19-11-15/h4-12,21H,1-3H3. The van der Waals surface area contributed by atoms with Gasteiger partial charge in [-0.25, -0.2) is 8.42 Å². The van der Waals surface area contributed by atoms with Crippen molar-refractivity contribution in [2.45, 2.75) is 31.6 Å². The van der Waals surface area contributed by atoms with Crippen molar-refractivity contribution in [3.63, 3.8) is 0 Å². The molecule has 3 rings (SSSR count). The molecule has 0 bridgehead atoms. The molecule has 0 spiro atoms. The second-order valence-corrected chi connectivity index (χ2v) is 7.74. The van der Waals surface area contributed by atoms with Crippen LogP contribution >= 0.6 is 0 Å². The molecule has 25 heavy (non-hydrogen) atoms. The summed E-state index contributed by atoms with van der Waals surface area (Å²) in [5.41, 5.74) is 2.55. The normalized spacial score (nSPS) is 11.7. The molecule has 0 aliphatic heterocycles. The van der Waals surface area contributed by atoms with Crippen LogP contribution in [0.4, 0.5) is 5.69 Å². The van der Waals surface area contributed by atoms with Gasteiger partial charge >= 0.3 is 0 Å². The summed E-state index contributed by atoms with van der Waals surface area (Å²) in [4.78, 5) is 4.16. The minimum atomic E-state index is -3.76. The van der Waals surface area contributed by atoms with E-state index >= 15 is 0 Å². The van der Waals surface area contributed by atoms with Gasteiger partial charge in [-0.2, -0.15) is 0 Å². The van der Waals surface area contributed by atoms with Gasteiger partial charge in [-0.1, -0.05) is 31.1 Å². The molecule has 1 aromatic carbocycles. The van der Waals surface area contributed by atoms with E-state index < -0.39 is 10.0 Å². The Hall–Kier alpha value is -2.67. The lowest BCUT2D eigenvalue weighted by atomic mass is 10.0. The highest BCUT2D eigenvalue weighted by atomic mass is 32.2. The van der Waals surface area contributed by atoms with E-state index in [4.69, 9.17) is 4.52 Å². The van der Waals surface area contributed by atoms with Gasteiger partial charge in [0, 0.05) is 17.8 Å². The molecule has 6 nitrogen and oxygen atoms in total. The molecule has 0 fully saturated rings. The molecule has 130 valence electrons. The van der Waals surface area contributed by atoms with Crippen LogP contribution in [0.25, 0.3) is 11.3 Å². The van der Waals surface area contributed by atoms with Gasteiger partial charge in [0.15, 0.2) is 5.76 Å². The number of sulfonamides is 1. The monoisotopic (exact) mass is 357 g/mol. The summed E-state index contributed by atoms with van der Waals surface area (Å²) in [6.45, 7) is 5.73. The van der Waals surface area contributed by atoms with E-state index in [1.165, 1.54) is 6.20 Å². The zero-order chi connectivity index (χ0) is 18.0. The summed E-state index contributed by atoms with van der Waals surface area (Å²) >= 11 is 0. The number of nitrogens with zero attached hydrogens (tertiary/aromatic N) is 2. The second-order valence-electron chi connectivity index (χ2n) is 6.09. The minimum Gasteiger partial charge on any atom is -0.356 e. The molecule has 0 radical (unpaired) electrons. The van der Waals surface area contributed by atoms with Gasteiger partial charge in [0.2, 0.25) is 0 Å². The van der Waals surface area contributed by atoms with E-state index in [1.54, 1.807) is 30.5 Å². The Labute approximate surface area is 147 Å². The molecular formula is C18H19N3O3S. The van der Waals surface area contributed by atoms with Crippen LogP contribution in [0.1, 0.15) is 31.0 Å². The van der Waals surface area contributed by atoms with Crippen LogP contribution in [0.15, 0.2) is 58.2 Å². The van der Waals surface area contributed by atoms with E-state index in [9.17, 15) is 8.42 Å². The maximum absolute atomic E-state index is 12.9. The van der Waals surface area contributed by atoms with E-state index in [0.29, 0.717) is 17.0 Å². The smallest absolute Gasteiger partial charge is 0.262 e. The van der Waals surface area contributed by atoms with Crippen LogP contribution in [0.3, 0.4) is 0 Å². The van der Waals surface area contributed by atoms with Gasteiger partial charge in [0.25, 0.3) is 10.0 Å². The molecule has 0 unspecified atom stereocenters. The third-order valence-corrected chi connectivity index (χ3v) is 5.19. The Morgan fingerprint density at radius 3 is 2.56 bits per heavy atom. The van der Waals surface area contributed by atoms with Crippen molar-refractivity contribution in [3.05, 3.63) is 60.0 Å². The summed E-state index contributed by atoms with van der Waals surface area (Å²) in [5.74, 6) is 0.580. The lowest BCUT2D eigenvalue weighted by Crippen LogP contribution is -2.15. The second kappa shape index (κ2) is 6.68. The average Bonchev–Trinajstić information content (AvgIpc) is 3.01. The van der Waals surface area contributed by atoms with E-state index in [2.05, 4.69) is 14.9 Å². The van der Waals surface area contributed by atoms with Gasteiger partial charge in [0.1, 0.15) is 0 Å². The zero-order valence-electron chi connectivity index (χ0n) is 14.2. The van der Waals surface area contributed by atoms with Gasteiger partial charge < -0.3 is 4.52 Å². The molecule has 0 aliphatic carbocycles. The molecule has 0 saturated heterocycles. The van der Waals surface area contributed by atoms with Crippen molar-refractivity contribution >= 4 is 15.7 Å². The predicted octanol–water partition coefficient (Wildman–Crippen LogP) is 3.97. The Bertz CT molecular complexity index is 980. The number of hydrogen-bond donors (Lipinski definition) is 1. The molecule has 2 heterocycles. The molecule has 2 aromatic heterocycles. The molecule has 0 saturated carbocycles. The first-order valence-corrected chi connectivity index (χ1v) is 9.35. The lowest BCUT2D eigenvalue weighted by molar-refractivity contribution is 0.427. The molecule has 0 aliphatic rings. The molecule has 0 atom stereocenters. The van der Waals surface area contributed by atoms with E-state index in [0.717, 1.165) is 11.3 Å². The number of pyridine rings is 1. The Morgan fingerprint density at radius 2 is 1.96 bits per heavy atom. The quantitative estimate of drug-likeness (QED) is 0.747. The lowest BCUT2D eigenvalue weighted by Gasteiger charge is -2.15. The summed E-state index contributed by atoms with van der Waals surface area (Å²) in [6, 6.07) is 10.4. The molecule has 0 amide bonds. The average molecular weight is 357 g/mol. The summed E-state index contributed by atoms with van der Waals surface area (Å²) in [5, 5.41) is 3.86. The van der Waals surface area contributed by atoms with Crippen LogP contribution in [0.5, 0.6) is 0 Å². The number of nitrogens with one attached hydrogen (secondary N) is 1. The molecule has 3 aromatic rings. The third-order valence-electron chi connectivity index (χ3n) is 3.75. The van der Waals surface area contributed by atoms with Crippen LogP contribution in [-0.4, -0.2) is 18.6 Å². The van der Waals surface area contributed by atoms with Gasteiger partial charge in [-0.05, 0) is 36.6 Å². The SMILES string of the molecule is Cc1cc(-c2ccc(C(C)C)c(S(=O)(=O)Nc3cccnc3)c2)on1. The van der Waals surface area contributed by atoms with Crippen LogP contribution < -0.4 is 4.72 Å². The number of aryl methyl sites for hydroxylation is 1. The fourth-order valence-electron chi connectivity index (χ4n) is 2.53. The Morgan fingerprint density at radius 1 is 1.16 bits per heavy atom. The minimum absolute atomic E-state index is 0.0472. The highest BCUT2D eigenvalue weighted by Crippen LogP contribution is 2.30. The van der Waals surface area contributed by atoms with Gasteiger partial charge in [-0.3, -0.25) is 9.71 Å². The van der Waals surface area contributed by atoms with Crippen LogP contribution in [0, 0.1) is 6.92 Å². The first-order valence-electron chi connectivity index (χ1n) is 7.87. The summed E-state index contributed by atoms with van der Waals surface area (Å²) < 4.78 is 33.7. The van der Waals surface area contributed by atoms with Crippen molar-refractivity contribution in [3.8, 4) is 11.3 Å². The van der Waals surface area contributed by atoms with Crippen molar-refractivity contribution in [1.82, 2.24) is 10.1 Å². The Kier molecular flexibility index (Phi) is 4.59. The molecule has 1 N–H and O–H groups in total. The molecular weight excluding hydrogens is 338 g/mol. The van der Waals surface area contributed by atoms with Crippen molar-refractivity contribution in [2.24, 2.45) is 0 Å². The first-order chi connectivity index (χ1) is 11.9. The number of hydrogen-bond acceptors (Lipinski definition) is 5. The van der Waals surface area contributed by atoms with Crippen molar-refractivity contribution in [2.75, 3.05) is 4.72 Å². The largest absolute Gasteiger partial charge is 0.356 e. The van der Waals surface area contributed by atoms with Crippen LogP contribution in [0.2, 0.25) is 0 Å². The Balaban J connectivity index is 2.08. The van der Waals surface area contributed by atoms with E-state index in [1.807, 2.05) is 32.9 Å². The van der Waals surface area contributed by atoms with Crippen molar-refractivity contribution < 1.29 is 12.9 Å². The third kappa shape index (κ3) is 3.71. The maximum atomic E-state index is 12.9. The maximum Gasteiger partial charge on any atom is 0.262 e. The van der Waals surface area contributed by atoms with Gasteiger partial charge in [0.05, 0.1) is 22.5 Å². The fraction of sp³-hybridized carbons (Fsp3) is 0.222. The number of aromatic nitrogens is 2. The predicted molar refractivity (Wildman–Crippen MR) is 95.8 cm³/mol. The van der Waals surface area contributed by atoms with E-state index in [-0.39, 0.29) is 10.8 Å². The fourth-order valence-corrected chi connectivity index (χ4v) is 3.97.